The van der Waals surface area contributed by atoms with Gasteiger partial charge in [0, 0.05) is 12.2 Å². The highest BCUT2D eigenvalue weighted by Gasteiger charge is 2.18. The first-order valence-electron chi connectivity index (χ1n) is 7.84. The molecule has 25 heavy (non-hydrogen) atoms. The Kier molecular flexibility index (Phi) is 5.50. The summed E-state index contributed by atoms with van der Waals surface area (Å²) in [7, 11) is 0. The molecule has 1 amide bonds. The number of carbonyl (C=O) groups is 1. The standard InChI is InChI=1S/C17H18N4O2S2/c1-4-21(13-8-6-5-7-9-13)14(22)10-24-17-20-19-16(23-17)15-11(2)18-12(3)25-15/h5-9H,4,10H2,1-3H3. The Hall–Kier alpha value is -2.19. The smallest absolute Gasteiger partial charge is 0.277 e. The minimum Gasteiger partial charge on any atom is -0.410 e. The molecule has 3 aromatic rings. The molecule has 6 nitrogen and oxygen atoms in total. The van der Waals surface area contributed by atoms with E-state index in [1.165, 1.54) is 23.1 Å². The molecule has 0 spiro atoms. The van der Waals surface area contributed by atoms with Gasteiger partial charge >= 0.3 is 0 Å². The zero-order valence-corrected chi connectivity index (χ0v) is 15.9. The molecule has 0 unspecified atom stereocenters. The molecule has 0 saturated carbocycles. The number of hydrogen-bond acceptors (Lipinski definition) is 7. The summed E-state index contributed by atoms with van der Waals surface area (Å²) in [6.07, 6.45) is 0. The summed E-state index contributed by atoms with van der Waals surface area (Å²) in [4.78, 5) is 19.5. The van der Waals surface area contributed by atoms with Crippen molar-refractivity contribution in [2.24, 2.45) is 0 Å². The van der Waals surface area contributed by atoms with Gasteiger partial charge in [0.1, 0.15) is 4.88 Å². The summed E-state index contributed by atoms with van der Waals surface area (Å²) < 4.78 is 5.67. The van der Waals surface area contributed by atoms with Gasteiger partial charge in [0.25, 0.3) is 11.1 Å². The molecular weight excluding hydrogens is 356 g/mol. The number of carbonyl (C=O) groups excluding carboxylic acids is 1. The summed E-state index contributed by atoms with van der Waals surface area (Å²) in [6, 6.07) is 9.61. The van der Waals surface area contributed by atoms with E-state index in [0.717, 1.165) is 21.3 Å². The summed E-state index contributed by atoms with van der Waals surface area (Å²) >= 11 is 2.77. The number of hydrogen-bond donors (Lipinski definition) is 0. The number of aryl methyl sites for hydroxylation is 2. The van der Waals surface area contributed by atoms with Gasteiger partial charge in [-0.2, -0.15) is 0 Å². The maximum atomic E-state index is 12.5. The second-order valence-electron chi connectivity index (χ2n) is 5.28. The number of aromatic nitrogens is 3. The van der Waals surface area contributed by atoms with Gasteiger partial charge in [0.2, 0.25) is 5.91 Å². The quantitative estimate of drug-likeness (QED) is 0.608. The van der Waals surface area contributed by atoms with E-state index < -0.39 is 0 Å². The van der Waals surface area contributed by atoms with Crippen LogP contribution >= 0.6 is 23.1 Å². The third-order valence-electron chi connectivity index (χ3n) is 3.51. The van der Waals surface area contributed by atoms with Crippen LogP contribution in [0.5, 0.6) is 0 Å². The molecule has 0 N–H and O–H groups in total. The maximum absolute atomic E-state index is 12.5. The monoisotopic (exact) mass is 374 g/mol. The molecule has 2 heterocycles. The molecule has 0 saturated heterocycles. The summed E-state index contributed by atoms with van der Waals surface area (Å²) in [5.74, 6) is 0.696. The third kappa shape index (κ3) is 4.08. The number of para-hydroxylation sites is 1. The number of benzene rings is 1. The molecule has 0 fully saturated rings. The molecule has 0 aliphatic carbocycles. The van der Waals surface area contributed by atoms with Gasteiger partial charge in [0.05, 0.1) is 16.5 Å². The fourth-order valence-electron chi connectivity index (χ4n) is 2.40. The third-order valence-corrected chi connectivity index (χ3v) is 5.37. The van der Waals surface area contributed by atoms with Crippen molar-refractivity contribution in [3.8, 4) is 10.8 Å². The topological polar surface area (TPSA) is 72.1 Å². The van der Waals surface area contributed by atoms with Crippen LogP contribution < -0.4 is 4.90 Å². The molecule has 1 aromatic carbocycles. The molecule has 0 atom stereocenters. The van der Waals surface area contributed by atoms with Crippen LogP contribution in [0, 0.1) is 13.8 Å². The van der Waals surface area contributed by atoms with Crippen LogP contribution in [0.25, 0.3) is 10.8 Å². The highest BCUT2D eigenvalue weighted by atomic mass is 32.2. The van der Waals surface area contributed by atoms with Crippen molar-refractivity contribution in [1.82, 2.24) is 15.2 Å². The second-order valence-corrected chi connectivity index (χ2v) is 7.41. The summed E-state index contributed by atoms with van der Waals surface area (Å²) in [5.41, 5.74) is 1.76. The van der Waals surface area contributed by atoms with Crippen molar-refractivity contribution in [2.75, 3.05) is 17.2 Å². The van der Waals surface area contributed by atoms with Crippen LogP contribution in [0.1, 0.15) is 17.6 Å². The summed E-state index contributed by atoms with van der Waals surface area (Å²) in [5, 5.41) is 9.44. The zero-order chi connectivity index (χ0) is 17.8. The number of amides is 1. The molecule has 0 radical (unpaired) electrons. The minimum atomic E-state index is 0.00302. The molecular formula is C17H18N4O2S2. The van der Waals surface area contributed by atoms with E-state index in [0.29, 0.717) is 17.7 Å². The molecule has 0 aliphatic rings. The number of thioether (sulfide) groups is 1. The Morgan fingerprint density at radius 3 is 2.64 bits per heavy atom. The maximum Gasteiger partial charge on any atom is 0.277 e. The molecule has 0 aliphatic heterocycles. The van der Waals surface area contributed by atoms with Gasteiger partial charge in [0.15, 0.2) is 0 Å². The average molecular weight is 374 g/mol. The molecule has 3 rings (SSSR count). The van der Waals surface area contributed by atoms with E-state index in [2.05, 4.69) is 15.2 Å². The predicted molar refractivity (Wildman–Crippen MR) is 100 cm³/mol. The van der Waals surface area contributed by atoms with Crippen molar-refractivity contribution < 1.29 is 9.21 Å². The van der Waals surface area contributed by atoms with Gasteiger partial charge in [-0.15, -0.1) is 21.5 Å². The van der Waals surface area contributed by atoms with Gasteiger partial charge in [-0.1, -0.05) is 30.0 Å². The first-order chi connectivity index (χ1) is 12.1. The number of thiazole rings is 1. The van der Waals surface area contributed by atoms with E-state index in [1.54, 1.807) is 4.90 Å². The average Bonchev–Trinajstić information content (AvgIpc) is 3.20. The lowest BCUT2D eigenvalue weighted by Crippen LogP contribution is -2.32. The van der Waals surface area contributed by atoms with Crippen LogP contribution in [0.3, 0.4) is 0 Å². The van der Waals surface area contributed by atoms with Crippen molar-refractivity contribution in [1.29, 1.82) is 0 Å². The highest BCUT2D eigenvalue weighted by molar-refractivity contribution is 7.99. The van der Waals surface area contributed by atoms with Gasteiger partial charge in [-0.3, -0.25) is 4.79 Å². The fourth-order valence-corrected chi connectivity index (χ4v) is 3.88. The lowest BCUT2D eigenvalue weighted by atomic mass is 10.3. The van der Waals surface area contributed by atoms with E-state index >= 15 is 0 Å². The Morgan fingerprint density at radius 2 is 2.00 bits per heavy atom. The normalized spacial score (nSPS) is 10.8. The van der Waals surface area contributed by atoms with Crippen LogP contribution in [0.15, 0.2) is 40.0 Å². The van der Waals surface area contributed by atoms with Crippen LogP contribution in [-0.4, -0.2) is 33.4 Å². The molecule has 130 valence electrons. The Bertz CT molecular complexity index is 861. The van der Waals surface area contributed by atoms with E-state index in [1.807, 2.05) is 51.1 Å². The van der Waals surface area contributed by atoms with Crippen molar-refractivity contribution in [3.63, 3.8) is 0 Å². The number of nitrogens with zero attached hydrogens (tertiary/aromatic N) is 4. The Labute approximate surface area is 154 Å². The predicted octanol–water partition coefficient (Wildman–Crippen LogP) is 3.96. The van der Waals surface area contributed by atoms with Crippen LogP contribution in [-0.2, 0) is 4.79 Å². The van der Waals surface area contributed by atoms with Gasteiger partial charge in [-0.05, 0) is 32.9 Å². The van der Waals surface area contributed by atoms with E-state index in [9.17, 15) is 4.79 Å². The van der Waals surface area contributed by atoms with Crippen LogP contribution in [0.2, 0.25) is 0 Å². The molecule has 8 heteroatoms. The lowest BCUT2D eigenvalue weighted by molar-refractivity contribution is -0.116. The first kappa shape index (κ1) is 17.6. The number of rotatable bonds is 6. The largest absolute Gasteiger partial charge is 0.410 e. The molecule has 0 bridgehead atoms. The minimum absolute atomic E-state index is 0.00302. The van der Waals surface area contributed by atoms with Crippen molar-refractivity contribution in [2.45, 2.75) is 26.0 Å². The molecule has 2 aromatic heterocycles. The SMILES string of the molecule is CCN(C(=O)CSc1nnc(-c2sc(C)nc2C)o1)c1ccccc1. The zero-order valence-electron chi connectivity index (χ0n) is 14.2. The fraction of sp³-hybridized carbons (Fsp3) is 0.294. The summed E-state index contributed by atoms with van der Waals surface area (Å²) in [6.45, 7) is 6.42. The van der Waals surface area contributed by atoms with E-state index in [-0.39, 0.29) is 11.7 Å². The van der Waals surface area contributed by atoms with Crippen molar-refractivity contribution in [3.05, 3.63) is 41.0 Å². The lowest BCUT2D eigenvalue weighted by Gasteiger charge is -2.20. The highest BCUT2D eigenvalue weighted by Crippen LogP contribution is 2.30. The van der Waals surface area contributed by atoms with Gasteiger partial charge < -0.3 is 9.32 Å². The second kappa shape index (κ2) is 7.79. The van der Waals surface area contributed by atoms with Crippen LogP contribution in [0.4, 0.5) is 5.69 Å². The van der Waals surface area contributed by atoms with Crippen molar-refractivity contribution >= 4 is 34.7 Å². The Morgan fingerprint density at radius 1 is 1.24 bits per heavy atom. The first-order valence-corrected chi connectivity index (χ1v) is 9.64. The van der Waals surface area contributed by atoms with Gasteiger partial charge in [-0.25, -0.2) is 4.98 Å². The van der Waals surface area contributed by atoms with E-state index in [4.69, 9.17) is 4.42 Å². The number of anilines is 1. The Balaban J connectivity index is 1.66.